The van der Waals surface area contributed by atoms with Gasteiger partial charge in [0, 0.05) is 6.54 Å². The standard InChI is InChI=1S/C16H15FINO2/c1-11-8-12(6-7-13(11)17)9-19-16(20)10-21-15-5-3-2-4-14(15)18/h2-8H,9-10H2,1H3,(H,19,20). The Hall–Kier alpha value is -1.63. The van der Waals surface area contributed by atoms with Crippen LogP contribution >= 0.6 is 22.6 Å². The maximum Gasteiger partial charge on any atom is 0.258 e. The van der Waals surface area contributed by atoms with Crippen molar-refractivity contribution < 1.29 is 13.9 Å². The summed E-state index contributed by atoms with van der Waals surface area (Å²) in [5.41, 5.74) is 1.42. The summed E-state index contributed by atoms with van der Waals surface area (Å²) in [6.07, 6.45) is 0. The number of aryl methyl sites for hydroxylation is 1. The maximum atomic E-state index is 13.1. The number of para-hydroxylation sites is 1. The van der Waals surface area contributed by atoms with E-state index in [-0.39, 0.29) is 18.3 Å². The fourth-order valence-electron chi connectivity index (χ4n) is 1.77. The summed E-state index contributed by atoms with van der Waals surface area (Å²) in [6.45, 7) is 2.01. The molecular formula is C16H15FINO2. The van der Waals surface area contributed by atoms with Crippen LogP contribution in [0.25, 0.3) is 0 Å². The van der Waals surface area contributed by atoms with E-state index < -0.39 is 0 Å². The van der Waals surface area contributed by atoms with Gasteiger partial charge in [0.05, 0.1) is 3.57 Å². The van der Waals surface area contributed by atoms with Gasteiger partial charge in [-0.3, -0.25) is 4.79 Å². The number of hydrogen-bond acceptors (Lipinski definition) is 2. The minimum absolute atomic E-state index is 0.0415. The molecule has 0 saturated heterocycles. The minimum atomic E-state index is -0.243. The van der Waals surface area contributed by atoms with Crippen molar-refractivity contribution in [1.29, 1.82) is 0 Å². The molecule has 5 heteroatoms. The lowest BCUT2D eigenvalue weighted by Crippen LogP contribution is -2.28. The highest BCUT2D eigenvalue weighted by atomic mass is 127. The van der Waals surface area contributed by atoms with Crippen molar-refractivity contribution in [2.75, 3.05) is 6.61 Å². The molecule has 0 atom stereocenters. The lowest BCUT2D eigenvalue weighted by Gasteiger charge is -2.09. The van der Waals surface area contributed by atoms with Crippen molar-refractivity contribution in [3.05, 3.63) is 63.0 Å². The summed E-state index contributed by atoms with van der Waals surface area (Å²) in [7, 11) is 0. The number of ether oxygens (including phenoxy) is 1. The Morgan fingerprint density at radius 3 is 2.76 bits per heavy atom. The molecule has 0 bridgehead atoms. The number of benzene rings is 2. The van der Waals surface area contributed by atoms with E-state index in [0.29, 0.717) is 17.9 Å². The largest absolute Gasteiger partial charge is 0.483 e. The first-order valence-corrected chi connectivity index (χ1v) is 7.53. The van der Waals surface area contributed by atoms with Gasteiger partial charge in [0.1, 0.15) is 11.6 Å². The van der Waals surface area contributed by atoms with E-state index in [1.54, 1.807) is 19.1 Å². The van der Waals surface area contributed by atoms with Crippen molar-refractivity contribution in [2.24, 2.45) is 0 Å². The zero-order valence-electron chi connectivity index (χ0n) is 11.5. The highest BCUT2D eigenvalue weighted by Crippen LogP contribution is 2.19. The van der Waals surface area contributed by atoms with E-state index in [9.17, 15) is 9.18 Å². The van der Waals surface area contributed by atoms with Gasteiger partial charge in [0.15, 0.2) is 6.61 Å². The van der Waals surface area contributed by atoms with Gasteiger partial charge in [-0.15, -0.1) is 0 Å². The van der Waals surface area contributed by atoms with Crippen LogP contribution in [0.2, 0.25) is 0 Å². The Balaban J connectivity index is 1.82. The quantitative estimate of drug-likeness (QED) is 0.783. The molecule has 0 aliphatic heterocycles. The van der Waals surface area contributed by atoms with Gasteiger partial charge >= 0.3 is 0 Å². The van der Waals surface area contributed by atoms with Gasteiger partial charge in [0.25, 0.3) is 5.91 Å². The van der Waals surface area contributed by atoms with Crippen LogP contribution in [0.1, 0.15) is 11.1 Å². The van der Waals surface area contributed by atoms with Crippen LogP contribution in [0.15, 0.2) is 42.5 Å². The molecule has 0 aromatic heterocycles. The highest BCUT2D eigenvalue weighted by molar-refractivity contribution is 14.1. The number of carbonyl (C=O) groups excluding carboxylic acids is 1. The van der Waals surface area contributed by atoms with E-state index in [0.717, 1.165) is 9.13 Å². The van der Waals surface area contributed by atoms with Crippen molar-refractivity contribution in [2.45, 2.75) is 13.5 Å². The molecule has 2 aromatic carbocycles. The Morgan fingerprint density at radius 2 is 2.05 bits per heavy atom. The smallest absolute Gasteiger partial charge is 0.258 e. The summed E-state index contributed by atoms with van der Waals surface area (Å²) in [5.74, 6) is 0.231. The van der Waals surface area contributed by atoms with E-state index in [1.165, 1.54) is 6.07 Å². The zero-order chi connectivity index (χ0) is 15.2. The lowest BCUT2D eigenvalue weighted by molar-refractivity contribution is -0.123. The van der Waals surface area contributed by atoms with Gasteiger partial charge in [-0.25, -0.2) is 4.39 Å². The topological polar surface area (TPSA) is 38.3 Å². The number of hydrogen-bond donors (Lipinski definition) is 1. The summed E-state index contributed by atoms with van der Waals surface area (Å²) < 4.78 is 19.5. The fourth-order valence-corrected chi connectivity index (χ4v) is 2.32. The second kappa shape index (κ2) is 7.40. The molecule has 2 aromatic rings. The van der Waals surface area contributed by atoms with Crippen molar-refractivity contribution in [3.8, 4) is 5.75 Å². The first kappa shape index (κ1) is 15.8. The minimum Gasteiger partial charge on any atom is -0.483 e. The van der Waals surface area contributed by atoms with E-state index in [1.807, 2.05) is 24.3 Å². The second-order valence-electron chi connectivity index (χ2n) is 4.58. The monoisotopic (exact) mass is 399 g/mol. The van der Waals surface area contributed by atoms with Gasteiger partial charge in [-0.05, 0) is 58.8 Å². The molecule has 0 fully saturated rings. The van der Waals surface area contributed by atoms with Gasteiger partial charge < -0.3 is 10.1 Å². The van der Waals surface area contributed by atoms with Crippen LogP contribution < -0.4 is 10.1 Å². The molecule has 0 unspecified atom stereocenters. The van der Waals surface area contributed by atoms with E-state index in [4.69, 9.17) is 4.74 Å². The van der Waals surface area contributed by atoms with Gasteiger partial charge in [0.2, 0.25) is 0 Å². The van der Waals surface area contributed by atoms with E-state index >= 15 is 0 Å². The van der Waals surface area contributed by atoms with Crippen molar-refractivity contribution in [3.63, 3.8) is 0 Å². The third-order valence-electron chi connectivity index (χ3n) is 2.91. The Labute approximate surface area is 136 Å². The zero-order valence-corrected chi connectivity index (χ0v) is 13.7. The third-order valence-corrected chi connectivity index (χ3v) is 3.80. The molecule has 0 saturated carbocycles. The molecule has 0 heterocycles. The first-order chi connectivity index (χ1) is 10.1. The Kier molecular flexibility index (Phi) is 5.55. The SMILES string of the molecule is Cc1cc(CNC(=O)COc2ccccc2I)ccc1F. The van der Waals surface area contributed by atoms with Crippen molar-refractivity contribution >= 4 is 28.5 Å². The molecule has 1 amide bonds. The van der Waals surface area contributed by atoms with Crippen LogP contribution in [0.5, 0.6) is 5.75 Å². The maximum absolute atomic E-state index is 13.1. The average Bonchev–Trinajstić information content (AvgIpc) is 2.47. The third kappa shape index (κ3) is 4.70. The van der Waals surface area contributed by atoms with Gasteiger partial charge in [-0.1, -0.05) is 24.3 Å². The molecular weight excluding hydrogens is 384 g/mol. The molecule has 3 nitrogen and oxygen atoms in total. The molecule has 1 N–H and O–H groups in total. The fraction of sp³-hybridized carbons (Fsp3) is 0.188. The van der Waals surface area contributed by atoms with E-state index in [2.05, 4.69) is 27.9 Å². The van der Waals surface area contributed by atoms with Crippen LogP contribution in [0.4, 0.5) is 4.39 Å². The Morgan fingerprint density at radius 1 is 1.29 bits per heavy atom. The summed E-state index contributed by atoms with van der Waals surface area (Å²) in [6, 6.07) is 12.3. The molecule has 0 aliphatic carbocycles. The number of nitrogens with one attached hydrogen (secondary N) is 1. The average molecular weight is 399 g/mol. The molecule has 21 heavy (non-hydrogen) atoms. The number of rotatable bonds is 5. The van der Waals surface area contributed by atoms with Gasteiger partial charge in [-0.2, -0.15) is 0 Å². The lowest BCUT2D eigenvalue weighted by atomic mass is 10.1. The molecule has 0 spiro atoms. The first-order valence-electron chi connectivity index (χ1n) is 6.45. The number of amides is 1. The number of halogens is 2. The molecule has 110 valence electrons. The summed E-state index contributed by atoms with van der Waals surface area (Å²) >= 11 is 2.15. The molecule has 0 radical (unpaired) electrons. The van der Waals surface area contributed by atoms with Crippen molar-refractivity contribution in [1.82, 2.24) is 5.32 Å². The number of carbonyl (C=O) groups is 1. The predicted molar refractivity (Wildman–Crippen MR) is 87.6 cm³/mol. The summed E-state index contributed by atoms with van der Waals surface area (Å²) in [5, 5.41) is 2.75. The molecule has 0 aliphatic rings. The van der Waals surface area contributed by atoms with Crippen LogP contribution in [-0.2, 0) is 11.3 Å². The Bertz CT molecular complexity index is 646. The van der Waals surface area contributed by atoms with Crippen LogP contribution in [-0.4, -0.2) is 12.5 Å². The highest BCUT2D eigenvalue weighted by Gasteiger charge is 2.05. The van der Waals surface area contributed by atoms with Crippen LogP contribution in [0.3, 0.4) is 0 Å². The second-order valence-corrected chi connectivity index (χ2v) is 5.74. The van der Waals surface area contributed by atoms with Crippen LogP contribution in [0, 0.1) is 16.3 Å². The predicted octanol–water partition coefficient (Wildman–Crippen LogP) is 3.43. The summed E-state index contributed by atoms with van der Waals surface area (Å²) in [4.78, 5) is 11.7. The molecule has 2 rings (SSSR count). The normalized spacial score (nSPS) is 10.2.